The Hall–Kier alpha value is -2.91. The Kier molecular flexibility index (Phi) is 8.68. The molecule has 184 valence electrons. The number of ether oxygens (including phenoxy) is 1. The molecule has 1 aliphatic heterocycles. The molecule has 1 heterocycles. The molecule has 34 heavy (non-hydrogen) atoms. The second-order valence-electron chi connectivity index (χ2n) is 8.78. The van der Waals surface area contributed by atoms with E-state index in [2.05, 4.69) is 10.0 Å². The Balaban J connectivity index is 1.68. The molecule has 1 fully saturated rings. The van der Waals surface area contributed by atoms with Crippen molar-refractivity contribution in [3.05, 3.63) is 59.7 Å². The summed E-state index contributed by atoms with van der Waals surface area (Å²) >= 11 is 0. The zero-order chi connectivity index (χ0) is 24.7. The SMILES string of the molecule is COCCNC(=O)[C@@H]1CCCN(C(=O)c2cccc(NS(=O)(=O)c3ccc(C(C)C)cc3)c2)C1. The lowest BCUT2D eigenvalue weighted by atomic mass is 9.96. The summed E-state index contributed by atoms with van der Waals surface area (Å²) in [4.78, 5) is 27.3. The van der Waals surface area contributed by atoms with Crippen LogP contribution in [0.1, 0.15) is 48.5 Å². The average Bonchev–Trinajstić information content (AvgIpc) is 2.83. The van der Waals surface area contributed by atoms with Gasteiger partial charge < -0.3 is 15.0 Å². The van der Waals surface area contributed by atoms with E-state index in [4.69, 9.17) is 4.74 Å². The van der Waals surface area contributed by atoms with Gasteiger partial charge in [-0.25, -0.2) is 8.42 Å². The van der Waals surface area contributed by atoms with Crippen molar-refractivity contribution < 1.29 is 22.7 Å². The van der Waals surface area contributed by atoms with E-state index in [-0.39, 0.29) is 22.6 Å². The summed E-state index contributed by atoms with van der Waals surface area (Å²) in [6.45, 7) is 5.84. The Morgan fingerprint density at radius 3 is 2.56 bits per heavy atom. The van der Waals surface area contributed by atoms with Gasteiger partial charge in [0, 0.05) is 38.0 Å². The number of amides is 2. The van der Waals surface area contributed by atoms with Crippen LogP contribution in [0.5, 0.6) is 0 Å². The molecule has 0 bridgehead atoms. The van der Waals surface area contributed by atoms with Gasteiger partial charge in [-0.1, -0.05) is 32.0 Å². The van der Waals surface area contributed by atoms with Crippen LogP contribution < -0.4 is 10.0 Å². The summed E-state index contributed by atoms with van der Waals surface area (Å²) < 4.78 is 33.2. The first-order valence-electron chi connectivity index (χ1n) is 11.5. The first-order valence-corrected chi connectivity index (χ1v) is 13.0. The number of hydrogen-bond donors (Lipinski definition) is 2. The van der Waals surface area contributed by atoms with Crippen molar-refractivity contribution in [1.29, 1.82) is 0 Å². The van der Waals surface area contributed by atoms with Crippen molar-refractivity contribution in [3.63, 3.8) is 0 Å². The van der Waals surface area contributed by atoms with Gasteiger partial charge in [0.2, 0.25) is 5.91 Å². The van der Waals surface area contributed by atoms with Gasteiger partial charge in [0.05, 0.1) is 17.4 Å². The fourth-order valence-corrected chi connectivity index (χ4v) is 4.99. The molecule has 2 aromatic rings. The molecule has 0 aliphatic carbocycles. The molecule has 1 atom stereocenters. The van der Waals surface area contributed by atoms with Crippen LogP contribution in [0.15, 0.2) is 53.4 Å². The van der Waals surface area contributed by atoms with Gasteiger partial charge in [-0.05, 0) is 54.7 Å². The smallest absolute Gasteiger partial charge is 0.261 e. The predicted molar refractivity (Wildman–Crippen MR) is 131 cm³/mol. The van der Waals surface area contributed by atoms with Crippen molar-refractivity contribution >= 4 is 27.5 Å². The molecule has 0 saturated carbocycles. The maximum Gasteiger partial charge on any atom is 0.261 e. The number of carbonyl (C=O) groups excluding carboxylic acids is 2. The minimum atomic E-state index is -3.79. The lowest BCUT2D eigenvalue weighted by Crippen LogP contribution is -2.45. The number of carbonyl (C=O) groups is 2. The quantitative estimate of drug-likeness (QED) is 0.529. The van der Waals surface area contributed by atoms with E-state index in [1.807, 2.05) is 13.8 Å². The standard InChI is InChI=1S/C25H33N3O5S/c1-18(2)19-9-11-23(12-10-19)34(31,32)27-22-8-4-6-20(16-22)25(30)28-14-5-7-21(17-28)24(29)26-13-15-33-3/h4,6,8-12,16,18,21,27H,5,7,13-15,17H2,1-3H3,(H,26,29)/t21-/m1/s1. The zero-order valence-electron chi connectivity index (χ0n) is 19.9. The maximum absolute atomic E-state index is 13.1. The molecular weight excluding hydrogens is 454 g/mol. The minimum absolute atomic E-state index is 0.0838. The van der Waals surface area contributed by atoms with Crippen LogP contribution >= 0.6 is 0 Å². The number of methoxy groups -OCH3 is 1. The summed E-state index contributed by atoms with van der Waals surface area (Å²) in [5.41, 5.74) is 1.74. The van der Waals surface area contributed by atoms with Crippen LogP contribution in [0.4, 0.5) is 5.69 Å². The number of piperidine rings is 1. The van der Waals surface area contributed by atoms with Gasteiger partial charge in [-0.15, -0.1) is 0 Å². The number of hydrogen-bond acceptors (Lipinski definition) is 5. The Bertz CT molecular complexity index is 1100. The second kappa shape index (κ2) is 11.5. The predicted octanol–water partition coefficient (Wildman–Crippen LogP) is 3.23. The molecule has 1 aliphatic rings. The van der Waals surface area contributed by atoms with Crippen molar-refractivity contribution in [1.82, 2.24) is 10.2 Å². The molecule has 1 saturated heterocycles. The Morgan fingerprint density at radius 2 is 1.88 bits per heavy atom. The number of nitrogens with one attached hydrogen (secondary N) is 2. The first kappa shape index (κ1) is 25.7. The second-order valence-corrected chi connectivity index (χ2v) is 10.5. The van der Waals surface area contributed by atoms with Gasteiger partial charge >= 0.3 is 0 Å². The fourth-order valence-electron chi connectivity index (χ4n) is 3.94. The van der Waals surface area contributed by atoms with E-state index < -0.39 is 10.0 Å². The number of nitrogens with zero attached hydrogens (tertiary/aromatic N) is 1. The number of sulfonamides is 1. The van der Waals surface area contributed by atoms with Crippen LogP contribution in [-0.4, -0.2) is 58.5 Å². The topological polar surface area (TPSA) is 105 Å². The van der Waals surface area contributed by atoms with Gasteiger partial charge in [0.25, 0.3) is 15.9 Å². The number of benzene rings is 2. The van der Waals surface area contributed by atoms with Crippen LogP contribution in [0.25, 0.3) is 0 Å². The summed E-state index contributed by atoms with van der Waals surface area (Å²) in [5.74, 6) is -0.278. The molecule has 8 nitrogen and oxygen atoms in total. The lowest BCUT2D eigenvalue weighted by molar-refractivity contribution is -0.126. The van der Waals surface area contributed by atoms with Crippen molar-refractivity contribution in [3.8, 4) is 0 Å². The van der Waals surface area contributed by atoms with E-state index >= 15 is 0 Å². The Morgan fingerprint density at radius 1 is 1.15 bits per heavy atom. The molecule has 2 N–H and O–H groups in total. The van der Waals surface area contributed by atoms with Crippen LogP contribution in [-0.2, 0) is 19.6 Å². The Labute approximate surface area is 201 Å². The first-order chi connectivity index (χ1) is 16.2. The van der Waals surface area contributed by atoms with Gasteiger partial charge in [-0.2, -0.15) is 0 Å². The molecule has 3 rings (SSSR count). The molecule has 0 aromatic heterocycles. The van der Waals surface area contributed by atoms with E-state index in [0.717, 1.165) is 18.4 Å². The summed E-state index contributed by atoms with van der Waals surface area (Å²) in [7, 11) is -2.22. The molecule has 2 amide bonds. The molecule has 9 heteroatoms. The monoisotopic (exact) mass is 487 g/mol. The summed E-state index contributed by atoms with van der Waals surface area (Å²) in [5, 5.41) is 2.83. The van der Waals surface area contributed by atoms with Crippen LogP contribution in [0.3, 0.4) is 0 Å². The highest BCUT2D eigenvalue weighted by atomic mass is 32.2. The van der Waals surface area contributed by atoms with Crippen LogP contribution in [0.2, 0.25) is 0 Å². The van der Waals surface area contributed by atoms with E-state index in [0.29, 0.717) is 43.4 Å². The van der Waals surface area contributed by atoms with Crippen LogP contribution in [0, 0.1) is 5.92 Å². The zero-order valence-corrected chi connectivity index (χ0v) is 20.7. The molecule has 0 spiro atoms. The highest BCUT2D eigenvalue weighted by molar-refractivity contribution is 7.92. The average molecular weight is 488 g/mol. The van der Waals surface area contributed by atoms with E-state index in [1.54, 1.807) is 54.5 Å². The van der Waals surface area contributed by atoms with Gasteiger partial charge in [-0.3, -0.25) is 14.3 Å². The highest BCUT2D eigenvalue weighted by Crippen LogP contribution is 2.23. The minimum Gasteiger partial charge on any atom is -0.383 e. The number of anilines is 1. The van der Waals surface area contributed by atoms with Crippen molar-refractivity contribution in [2.45, 2.75) is 37.5 Å². The van der Waals surface area contributed by atoms with Crippen molar-refractivity contribution in [2.75, 3.05) is 38.1 Å². The number of rotatable bonds is 9. The number of likely N-dealkylation sites (tertiary alicyclic amines) is 1. The third kappa shape index (κ3) is 6.57. The van der Waals surface area contributed by atoms with Gasteiger partial charge in [0.1, 0.15) is 0 Å². The lowest BCUT2D eigenvalue weighted by Gasteiger charge is -2.32. The van der Waals surface area contributed by atoms with Crippen molar-refractivity contribution in [2.24, 2.45) is 5.92 Å². The third-order valence-electron chi connectivity index (χ3n) is 5.90. The third-order valence-corrected chi connectivity index (χ3v) is 7.30. The van der Waals surface area contributed by atoms with Gasteiger partial charge in [0.15, 0.2) is 0 Å². The molecule has 2 aromatic carbocycles. The normalized spacial score (nSPS) is 16.4. The summed E-state index contributed by atoms with van der Waals surface area (Å²) in [6, 6.07) is 13.2. The molecule has 0 unspecified atom stereocenters. The fraction of sp³-hybridized carbons (Fsp3) is 0.440. The van der Waals surface area contributed by atoms with E-state index in [9.17, 15) is 18.0 Å². The summed E-state index contributed by atoms with van der Waals surface area (Å²) in [6.07, 6.45) is 1.45. The largest absolute Gasteiger partial charge is 0.383 e. The van der Waals surface area contributed by atoms with E-state index in [1.165, 1.54) is 6.07 Å². The molecule has 0 radical (unpaired) electrons. The highest BCUT2D eigenvalue weighted by Gasteiger charge is 2.29. The maximum atomic E-state index is 13.1. The molecular formula is C25H33N3O5S.